The van der Waals surface area contributed by atoms with E-state index in [2.05, 4.69) is 5.32 Å². The van der Waals surface area contributed by atoms with Crippen molar-refractivity contribution in [3.05, 3.63) is 41.2 Å². The maximum Gasteiger partial charge on any atom is 0.254 e. The van der Waals surface area contributed by atoms with Crippen molar-refractivity contribution in [1.82, 2.24) is 5.32 Å². The summed E-state index contributed by atoms with van der Waals surface area (Å²) in [6.45, 7) is 4.23. The molecule has 0 bridgehead atoms. The number of hydrogen-bond donors (Lipinski definition) is 2. The average molecular weight is 278 g/mol. The molecule has 0 fully saturated rings. The summed E-state index contributed by atoms with van der Waals surface area (Å²) in [5, 5.41) is 3.19. The number of nitrogens with two attached hydrogens (primary N) is 1. The summed E-state index contributed by atoms with van der Waals surface area (Å²) in [6.07, 6.45) is 0. The zero-order chi connectivity index (χ0) is 14.0. The Morgan fingerprint density at radius 3 is 2.84 bits per heavy atom. The van der Waals surface area contributed by atoms with E-state index in [4.69, 9.17) is 5.73 Å². The van der Waals surface area contributed by atoms with Crippen molar-refractivity contribution in [2.75, 3.05) is 12.3 Å². The summed E-state index contributed by atoms with van der Waals surface area (Å²) in [4.78, 5) is 12.8. The number of nitrogens with one attached hydrogen (secondary N) is 1. The highest BCUT2D eigenvalue weighted by molar-refractivity contribution is 7.19. The van der Waals surface area contributed by atoms with E-state index < -0.39 is 0 Å². The number of rotatable bonds is 3. The van der Waals surface area contributed by atoms with E-state index in [9.17, 15) is 9.18 Å². The van der Waals surface area contributed by atoms with Crippen LogP contribution < -0.4 is 11.1 Å². The molecule has 2 aromatic rings. The molecule has 0 atom stereocenters. The maximum absolute atomic E-state index is 13.3. The van der Waals surface area contributed by atoms with Gasteiger partial charge in [0.2, 0.25) is 0 Å². The van der Waals surface area contributed by atoms with Crippen LogP contribution in [0.2, 0.25) is 0 Å². The zero-order valence-electron chi connectivity index (χ0n) is 10.8. The van der Waals surface area contributed by atoms with Gasteiger partial charge in [-0.1, -0.05) is 12.1 Å². The second-order valence-electron chi connectivity index (χ2n) is 4.17. The molecule has 0 saturated heterocycles. The van der Waals surface area contributed by atoms with Crippen molar-refractivity contribution in [1.29, 1.82) is 0 Å². The Labute approximate surface area is 115 Å². The molecule has 1 heterocycles. The van der Waals surface area contributed by atoms with Gasteiger partial charge >= 0.3 is 0 Å². The number of carbonyl (C=O) groups excluding carboxylic acids is 1. The molecule has 100 valence electrons. The van der Waals surface area contributed by atoms with Crippen LogP contribution in [0.4, 0.5) is 9.39 Å². The quantitative estimate of drug-likeness (QED) is 0.906. The molecule has 1 amide bonds. The molecule has 0 spiro atoms. The number of anilines is 1. The largest absolute Gasteiger partial charge is 0.390 e. The van der Waals surface area contributed by atoms with E-state index in [1.165, 1.54) is 23.5 Å². The van der Waals surface area contributed by atoms with Gasteiger partial charge in [0.15, 0.2) is 0 Å². The highest BCUT2D eigenvalue weighted by Crippen LogP contribution is 2.38. The van der Waals surface area contributed by atoms with Gasteiger partial charge in [-0.3, -0.25) is 4.79 Å². The molecule has 0 aliphatic rings. The van der Waals surface area contributed by atoms with E-state index in [0.29, 0.717) is 17.1 Å². The molecule has 0 saturated carbocycles. The molecule has 1 aromatic carbocycles. The molecule has 1 aromatic heterocycles. The molecule has 3 nitrogen and oxygen atoms in total. The van der Waals surface area contributed by atoms with Gasteiger partial charge in [-0.2, -0.15) is 0 Å². The fourth-order valence-corrected chi connectivity index (χ4v) is 3.04. The number of hydrogen-bond acceptors (Lipinski definition) is 3. The van der Waals surface area contributed by atoms with E-state index in [1.807, 2.05) is 19.9 Å². The molecular formula is C14H15FN2OS. The van der Waals surface area contributed by atoms with Crippen LogP contribution in [0.3, 0.4) is 0 Å². The predicted octanol–water partition coefficient (Wildman–Crippen LogP) is 3.19. The topological polar surface area (TPSA) is 55.1 Å². The Morgan fingerprint density at radius 1 is 1.47 bits per heavy atom. The Kier molecular flexibility index (Phi) is 3.85. The fraction of sp³-hybridized carbons (Fsp3) is 0.214. The molecule has 0 radical (unpaired) electrons. The standard InChI is InChI=1S/C14H15FN2OS/c1-3-17-14(18)11-8(2)12(19-13(11)16)9-5-4-6-10(15)7-9/h4-7H,3,16H2,1-2H3,(H,17,18). The van der Waals surface area contributed by atoms with Crippen molar-refractivity contribution < 1.29 is 9.18 Å². The number of thiophene rings is 1. The first kappa shape index (κ1) is 13.5. The van der Waals surface area contributed by atoms with Gasteiger partial charge < -0.3 is 11.1 Å². The first-order valence-electron chi connectivity index (χ1n) is 5.97. The molecule has 0 aliphatic carbocycles. The molecule has 0 aliphatic heterocycles. The highest BCUT2D eigenvalue weighted by atomic mass is 32.1. The Bertz CT molecular complexity index is 622. The SMILES string of the molecule is CCNC(=O)c1c(N)sc(-c2cccc(F)c2)c1C. The van der Waals surface area contributed by atoms with E-state index >= 15 is 0 Å². The minimum Gasteiger partial charge on any atom is -0.390 e. The third-order valence-electron chi connectivity index (χ3n) is 2.83. The average Bonchev–Trinajstić information content (AvgIpc) is 2.65. The zero-order valence-corrected chi connectivity index (χ0v) is 11.6. The molecule has 19 heavy (non-hydrogen) atoms. The summed E-state index contributed by atoms with van der Waals surface area (Å²) < 4.78 is 13.3. The van der Waals surface area contributed by atoms with Gasteiger partial charge in [0.25, 0.3) is 5.91 Å². The second-order valence-corrected chi connectivity index (χ2v) is 5.22. The van der Waals surface area contributed by atoms with Crippen molar-refractivity contribution in [3.8, 4) is 10.4 Å². The summed E-state index contributed by atoms with van der Waals surface area (Å²) >= 11 is 1.31. The molecule has 5 heteroatoms. The van der Waals surface area contributed by atoms with Gasteiger partial charge in [0, 0.05) is 11.4 Å². The number of carbonyl (C=O) groups is 1. The van der Waals surface area contributed by atoms with E-state index in [1.54, 1.807) is 6.07 Å². The Hall–Kier alpha value is -1.88. The first-order valence-corrected chi connectivity index (χ1v) is 6.79. The van der Waals surface area contributed by atoms with Crippen LogP contribution in [0.5, 0.6) is 0 Å². The molecule has 0 unspecified atom stereocenters. The number of halogens is 1. The van der Waals surface area contributed by atoms with Crippen LogP contribution in [0.1, 0.15) is 22.8 Å². The Morgan fingerprint density at radius 2 is 2.21 bits per heavy atom. The summed E-state index contributed by atoms with van der Waals surface area (Å²) in [7, 11) is 0. The lowest BCUT2D eigenvalue weighted by Crippen LogP contribution is -2.23. The fourth-order valence-electron chi connectivity index (χ4n) is 1.97. The second kappa shape index (κ2) is 5.40. The highest BCUT2D eigenvalue weighted by Gasteiger charge is 2.19. The monoisotopic (exact) mass is 278 g/mol. The molecular weight excluding hydrogens is 263 g/mol. The summed E-state index contributed by atoms with van der Waals surface area (Å²) in [6, 6.07) is 6.29. The lowest BCUT2D eigenvalue weighted by molar-refractivity contribution is 0.0956. The van der Waals surface area contributed by atoms with Crippen molar-refractivity contribution in [2.45, 2.75) is 13.8 Å². The lowest BCUT2D eigenvalue weighted by Gasteiger charge is -2.03. The first-order chi connectivity index (χ1) is 9.04. The van der Waals surface area contributed by atoms with Crippen molar-refractivity contribution in [2.24, 2.45) is 0 Å². The third-order valence-corrected chi connectivity index (χ3v) is 4.00. The van der Waals surface area contributed by atoms with Gasteiger partial charge in [0.05, 0.1) is 10.6 Å². The van der Waals surface area contributed by atoms with Gasteiger partial charge in [-0.05, 0) is 37.1 Å². The predicted molar refractivity (Wildman–Crippen MR) is 76.9 cm³/mol. The molecule has 3 N–H and O–H groups in total. The van der Waals surface area contributed by atoms with Crippen LogP contribution in [-0.4, -0.2) is 12.5 Å². The lowest BCUT2D eigenvalue weighted by atomic mass is 10.1. The van der Waals surface area contributed by atoms with Crippen LogP contribution in [0, 0.1) is 12.7 Å². The maximum atomic E-state index is 13.3. The minimum absolute atomic E-state index is 0.184. The van der Waals surface area contributed by atoms with E-state index in [0.717, 1.165) is 16.0 Å². The number of nitrogen functional groups attached to an aromatic ring is 1. The van der Waals surface area contributed by atoms with Crippen LogP contribution >= 0.6 is 11.3 Å². The Balaban J connectivity index is 2.50. The smallest absolute Gasteiger partial charge is 0.254 e. The summed E-state index contributed by atoms with van der Waals surface area (Å²) in [5.41, 5.74) is 7.94. The summed E-state index contributed by atoms with van der Waals surface area (Å²) in [5.74, 6) is -0.486. The van der Waals surface area contributed by atoms with Crippen LogP contribution in [0.25, 0.3) is 10.4 Å². The minimum atomic E-state index is -0.302. The van der Waals surface area contributed by atoms with Crippen molar-refractivity contribution >= 4 is 22.2 Å². The van der Waals surface area contributed by atoms with Gasteiger partial charge in [0.1, 0.15) is 5.82 Å². The number of benzene rings is 1. The van der Waals surface area contributed by atoms with Gasteiger partial charge in [-0.25, -0.2) is 4.39 Å². The van der Waals surface area contributed by atoms with Crippen LogP contribution in [-0.2, 0) is 0 Å². The number of amides is 1. The van der Waals surface area contributed by atoms with E-state index in [-0.39, 0.29) is 11.7 Å². The van der Waals surface area contributed by atoms with Gasteiger partial charge in [-0.15, -0.1) is 11.3 Å². The van der Waals surface area contributed by atoms with Crippen LogP contribution in [0.15, 0.2) is 24.3 Å². The van der Waals surface area contributed by atoms with Crippen molar-refractivity contribution in [3.63, 3.8) is 0 Å². The third kappa shape index (κ3) is 2.61. The molecule has 2 rings (SSSR count). The normalized spacial score (nSPS) is 10.5.